The largest absolute Gasteiger partial charge is 0.493 e. The summed E-state index contributed by atoms with van der Waals surface area (Å²) in [5.41, 5.74) is -1.79. The van der Waals surface area contributed by atoms with Gasteiger partial charge in [0.1, 0.15) is 11.3 Å². The van der Waals surface area contributed by atoms with Crippen LogP contribution in [-0.4, -0.2) is 36.6 Å². The number of hydrogen-bond donors (Lipinski definition) is 2. The molecule has 2 aliphatic heterocycles. The van der Waals surface area contributed by atoms with Gasteiger partial charge in [0.15, 0.2) is 5.50 Å². The zero-order valence-electron chi connectivity index (χ0n) is 21.1. The number of anilines is 2. The highest BCUT2D eigenvalue weighted by atomic mass is 32.1. The van der Waals surface area contributed by atoms with E-state index in [1.807, 2.05) is 25.1 Å². The monoisotopic (exact) mass is 532 g/mol. The summed E-state index contributed by atoms with van der Waals surface area (Å²) in [5, 5.41) is 12.5. The maximum atomic E-state index is 13.6. The van der Waals surface area contributed by atoms with Crippen molar-refractivity contribution in [2.45, 2.75) is 57.2 Å². The fourth-order valence-corrected chi connectivity index (χ4v) is 5.68. The minimum absolute atomic E-state index is 0.0320. The van der Waals surface area contributed by atoms with E-state index in [9.17, 15) is 18.0 Å². The van der Waals surface area contributed by atoms with Gasteiger partial charge in [0, 0.05) is 11.4 Å². The van der Waals surface area contributed by atoms with Crippen LogP contribution in [0.1, 0.15) is 50.3 Å². The van der Waals surface area contributed by atoms with Crippen LogP contribution in [0.3, 0.4) is 0 Å². The van der Waals surface area contributed by atoms with Crippen LogP contribution in [0.2, 0.25) is 0 Å². The number of nitrogens with zero attached hydrogens (tertiary/aromatic N) is 3. The molecule has 0 aliphatic carbocycles. The lowest BCUT2D eigenvalue weighted by molar-refractivity contribution is -0.137. The van der Waals surface area contributed by atoms with E-state index < -0.39 is 34.2 Å². The van der Waals surface area contributed by atoms with Gasteiger partial charge in [-0.1, -0.05) is 6.92 Å². The van der Waals surface area contributed by atoms with E-state index in [1.165, 1.54) is 11.0 Å². The van der Waals surface area contributed by atoms with Crippen LogP contribution in [0, 0.1) is 17.2 Å². The number of aryl methyl sites for hydroxylation is 1. The number of carbonyl (C=O) groups excluding carboxylic acids is 1. The van der Waals surface area contributed by atoms with Gasteiger partial charge in [0.05, 0.1) is 23.8 Å². The predicted octanol–water partition coefficient (Wildman–Crippen LogP) is 5.36. The van der Waals surface area contributed by atoms with Crippen LogP contribution in [0.5, 0.6) is 5.75 Å². The summed E-state index contributed by atoms with van der Waals surface area (Å²) in [6.45, 7) is 8.10. The maximum Gasteiger partial charge on any atom is 0.417 e. The normalized spacial score (nSPS) is 20.3. The van der Waals surface area contributed by atoms with Crippen LogP contribution in [0.25, 0.3) is 0 Å². The highest BCUT2D eigenvalue weighted by Crippen LogP contribution is 2.43. The molecule has 2 saturated heterocycles. The van der Waals surface area contributed by atoms with Gasteiger partial charge in [-0.2, -0.15) is 18.4 Å². The molecule has 10 heteroatoms. The standard InChI is InChI=1S/C27H31F3N4O2S/c1-4-18-13-21(7-8-23(18)36-16-17-9-11-32-12-10-17)34-25(37)33(24(35)26(34,2)3)20-6-5-19(15-31)22(14-20)27(28,29)30/h5-8,13-14,17,25,32,37H,4,9-12,16H2,1-3H3. The van der Waals surface area contributed by atoms with E-state index in [2.05, 4.69) is 17.9 Å². The van der Waals surface area contributed by atoms with Gasteiger partial charge in [0.25, 0.3) is 5.91 Å². The second-order valence-corrected chi connectivity index (χ2v) is 10.4. The first kappa shape index (κ1) is 27.1. The van der Waals surface area contributed by atoms with Gasteiger partial charge in [-0.05, 0) is 94.1 Å². The summed E-state index contributed by atoms with van der Waals surface area (Å²) in [4.78, 5) is 16.5. The zero-order chi connectivity index (χ0) is 27.0. The summed E-state index contributed by atoms with van der Waals surface area (Å²) in [6.07, 6.45) is -1.87. The Bertz CT molecular complexity index is 1210. The molecule has 0 saturated carbocycles. The SMILES string of the molecule is CCc1cc(N2C(S)N(c3ccc(C#N)c(C(F)(F)F)c3)C(=O)C2(C)C)ccc1OCC1CCNCC1. The van der Waals surface area contributed by atoms with Gasteiger partial charge >= 0.3 is 6.18 Å². The highest BCUT2D eigenvalue weighted by molar-refractivity contribution is 7.81. The molecular formula is C27H31F3N4O2S. The second-order valence-electron chi connectivity index (χ2n) is 9.94. The molecule has 1 N–H and O–H groups in total. The summed E-state index contributed by atoms with van der Waals surface area (Å²) in [5.74, 6) is 0.905. The molecule has 2 aromatic carbocycles. The molecule has 2 heterocycles. The average molecular weight is 533 g/mol. The van der Waals surface area contributed by atoms with Crippen LogP contribution < -0.4 is 19.9 Å². The Kier molecular flexibility index (Phi) is 7.67. The first-order chi connectivity index (χ1) is 17.5. The second kappa shape index (κ2) is 10.5. The maximum absolute atomic E-state index is 13.6. The van der Waals surface area contributed by atoms with Crippen molar-refractivity contribution >= 4 is 29.9 Å². The van der Waals surface area contributed by atoms with E-state index in [0.717, 1.165) is 55.1 Å². The van der Waals surface area contributed by atoms with E-state index in [1.54, 1.807) is 24.8 Å². The summed E-state index contributed by atoms with van der Waals surface area (Å²) in [7, 11) is 0. The Morgan fingerprint density at radius 2 is 1.84 bits per heavy atom. The molecule has 198 valence electrons. The number of halogens is 3. The highest BCUT2D eigenvalue weighted by Gasteiger charge is 2.51. The number of carbonyl (C=O) groups is 1. The molecular weight excluding hydrogens is 501 g/mol. The van der Waals surface area contributed by atoms with E-state index in [-0.39, 0.29) is 5.69 Å². The van der Waals surface area contributed by atoms with E-state index in [0.29, 0.717) is 18.9 Å². The molecule has 2 aromatic rings. The smallest absolute Gasteiger partial charge is 0.417 e. The fourth-order valence-electron chi connectivity index (χ4n) is 5.02. The van der Waals surface area contributed by atoms with Crippen molar-refractivity contribution in [3.63, 3.8) is 0 Å². The lowest BCUT2D eigenvalue weighted by Crippen LogP contribution is -2.45. The summed E-state index contributed by atoms with van der Waals surface area (Å²) in [6, 6.07) is 10.6. The third kappa shape index (κ3) is 5.25. The lowest BCUT2D eigenvalue weighted by atomic mass is 9.99. The Morgan fingerprint density at radius 3 is 2.46 bits per heavy atom. The molecule has 1 unspecified atom stereocenters. The number of benzene rings is 2. The molecule has 4 rings (SSSR count). The summed E-state index contributed by atoms with van der Waals surface area (Å²) >= 11 is 4.68. The molecule has 2 aliphatic rings. The molecule has 0 radical (unpaired) electrons. The molecule has 2 fully saturated rings. The number of alkyl halides is 3. The molecule has 1 amide bonds. The molecule has 6 nitrogen and oxygen atoms in total. The van der Waals surface area contributed by atoms with Gasteiger partial charge < -0.3 is 15.0 Å². The predicted molar refractivity (Wildman–Crippen MR) is 140 cm³/mol. The number of nitriles is 1. The third-order valence-electron chi connectivity index (χ3n) is 7.15. The number of amides is 1. The Hall–Kier alpha value is -2.90. The van der Waals surface area contributed by atoms with Crippen molar-refractivity contribution in [2.75, 3.05) is 29.5 Å². The van der Waals surface area contributed by atoms with E-state index in [4.69, 9.17) is 10.00 Å². The van der Waals surface area contributed by atoms with Crippen molar-refractivity contribution in [1.29, 1.82) is 5.26 Å². The number of nitrogens with one attached hydrogen (secondary N) is 1. The van der Waals surface area contributed by atoms with Gasteiger partial charge in [-0.15, -0.1) is 12.6 Å². The van der Waals surface area contributed by atoms with E-state index >= 15 is 0 Å². The molecule has 37 heavy (non-hydrogen) atoms. The molecule has 0 spiro atoms. The Morgan fingerprint density at radius 1 is 1.16 bits per heavy atom. The van der Waals surface area contributed by atoms with Crippen LogP contribution in [0.4, 0.5) is 24.5 Å². The number of thiol groups is 1. The molecule has 1 atom stereocenters. The minimum Gasteiger partial charge on any atom is -0.493 e. The quantitative estimate of drug-likeness (QED) is 0.490. The molecule has 0 aromatic heterocycles. The minimum atomic E-state index is -4.73. The average Bonchev–Trinajstić information content (AvgIpc) is 3.05. The summed E-state index contributed by atoms with van der Waals surface area (Å²) < 4.78 is 46.9. The first-order valence-electron chi connectivity index (χ1n) is 12.4. The van der Waals surface area contributed by atoms with Gasteiger partial charge in [-0.3, -0.25) is 9.69 Å². The number of hydrogen-bond acceptors (Lipinski definition) is 6. The van der Waals surface area contributed by atoms with Crippen molar-refractivity contribution in [3.8, 4) is 11.8 Å². The Labute approximate surface area is 220 Å². The number of piperidine rings is 1. The first-order valence-corrected chi connectivity index (χ1v) is 12.9. The topological polar surface area (TPSA) is 68.6 Å². The van der Waals surface area contributed by atoms with Crippen molar-refractivity contribution in [3.05, 3.63) is 53.1 Å². The number of ether oxygens (including phenoxy) is 1. The third-order valence-corrected chi connectivity index (χ3v) is 7.61. The van der Waals surface area contributed by atoms with Gasteiger partial charge in [0.2, 0.25) is 0 Å². The van der Waals surface area contributed by atoms with Crippen LogP contribution in [-0.2, 0) is 17.4 Å². The zero-order valence-corrected chi connectivity index (χ0v) is 22.0. The fraction of sp³-hybridized carbons (Fsp3) is 0.481. The lowest BCUT2D eigenvalue weighted by Gasteiger charge is -2.34. The molecule has 0 bridgehead atoms. The number of rotatable bonds is 6. The van der Waals surface area contributed by atoms with Crippen LogP contribution in [0.15, 0.2) is 36.4 Å². The van der Waals surface area contributed by atoms with Crippen molar-refractivity contribution in [2.24, 2.45) is 5.92 Å². The van der Waals surface area contributed by atoms with Crippen molar-refractivity contribution < 1.29 is 22.7 Å². The Balaban J connectivity index is 1.64. The van der Waals surface area contributed by atoms with Crippen molar-refractivity contribution in [1.82, 2.24) is 5.32 Å². The van der Waals surface area contributed by atoms with Gasteiger partial charge in [-0.25, -0.2) is 0 Å². The van der Waals surface area contributed by atoms with Crippen LogP contribution >= 0.6 is 12.6 Å².